The van der Waals surface area contributed by atoms with Gasteiger partial charge in [-0.15, -0.1) is 0 Å². The summed E-state index contributed by atoms with van der Waals surface area (Å²) in [5.41, 5.74) is 6.24. The second-order valence-electron chi connectivity index (χ2n) is 11.3. The quantitative estimate of drug-likeness (QED) is 0.165. The second kappa shape index (κ2) is 13.4. The van der Waals surface area contributed by atoms with Gasteiger partial charge in [-0.3, -0.25) is 9.78 Å². The number of hydrogen-bond acceptors (Lipinski definition) is 5. The summed E-state index contributed by atoms with van der Waals surface area (Å²) in [5, 5.41) is 8.05. The SMILES string of the molecule is Cc1cc(NC(=O)c2ccccc2CNC2=C(Cl)C(Oc3ccccc3)c3ccccc3C2Oc2ccccc2)c2ccccc2n1. The fraction of sp³-hybridized carbons (Fsp3) is 0.100. The third kappa shape index (κ3) is 6.41. The lowest BCUT2D eigenvalue weighted by Crippen LogP contribution is -2.31. The molecule has 1 aliphatic carbocycles. The van der Waals surface area contributed by atoms with Crippen LogP contribution in [-0.2, 0) is 6.54 Å². The van der Waals surface area contributed by atoms with E-state index in [9.17, 15) is 4.79 Å². The number of ether oxygens (including phenoxy) is 2. The van der Waals surface area contributed by atoms with Crippen LogP contribution in [-0.4, -0.2) is 10.9 Å². The van der Waals surface area contributed by atoms with Crippen LogP contribution in [0.2, 0.25) is 0 Å². The zero-order chi connectivity index (χ0) is 32.2. The summed E-state index contributed by atoms with van der Waals surface area (Å²) >= 11 is 7.26. The van der Waals surface area contributed by atoms with E-state index in [1.165, 1.54) is 0 Å². The lowest BCUT2D eigenvalue weighted by molar-refractivity contribution is 0.102. The molecular formula is C40H32ClN3O3. The van der Waals surface area contributed by atoms with Crippen LogP contribution in [0.5, 0.6) is 11.5 Å². The van der Waals surface area contributed by atoms with Crippen LogP contribution in [0, 0.1) is 6.92 Å². The summed E-state index contributed by atoms with van der Waals surface area (Å²) in [4.78, 5) is 18.4. The number of para-hydroxylation sites is 3. The molecule has 1 amide bonds. The van der Waals surface area contributed by atoms with Crippen LogP contribution < -0.4 is 20.1 Å². The third-order valence-electron chi connectivity index (χ3n) is 8.13. The van der Waals surface area contributed by atoms with Crippen molar-refractivity contribution in [2.45, 2.75) is 25.7 Å². The van der Waals surface area contributed by atoms with Gasteiger partial charge in [-0.25, -0.2) is 0 Å². The molecule has 0 bridgehead atoms. The minimum absolute atomic E-state index is 0.213. The van der Waals surface area contributed by atoms with Gasteiger partial charge >= 0.3 is 0 Å². The summed E-state index contributed by atoms with van der Waals surface area (Å²) in [7, 11) is 0. The lowest BCUT2D eigenvalue weighted by atomic mass is 9.89. The number of hydrogen-bond donors (Lipinski definition) is 2. The van der Waals surface area contributed by atoms with Crippen LogP contribution >= 0.6 is 11.6 Å². The minimum atomic E-state index is -0.560. The Morgan fingerprint density at radius 1 is 0.723 bits per heavy atom. The number of benzene rings is 5. The number of anilines is 1. The highest BCUT2D eigenvalue weighted by molar-refractivity contribution is 6.30. The summed E-state index contributed by atoms with van der Waals surface area (Å²) in [5.74, 6) is 1.20. The Morgan fingerprint density at radius 2 is 1.30 bits per heavy atom. The van der Waals surface area contributed by atoms with Gasteiger partial charge in [-0.2, -0.15) is 0 Å². The van der Waals surface area contributed by atoms with Crippen LogP contribution in [0.3, 0.4) is 0 Å². The normalized spacial score (nSPS) is 15.5. The monoisotopic (exact) mass is 637 g/mol. The Balaban J connectivity index is 1.22. The second-order valence-corrected chi connectivity index (χ2v) is 11.7. The number of fused-ring (bicyclic) bond motifs is 2. The van der Waals surface area contributed by atoms with Crippen molar-refractivity contribution in [2.24, 2.45) is 0 Å². The average molecular weight is 638 g/mol. The van der Waals surface area contributed by atoms with Crippen LogP contribution in [0.1, 0.15) is 45.0 Å². The van der Waals surface area contributed by atoms with Crippen molar-refractivity contribution in [2.75, 3.05) is 5.32 Å². The Hall–Kier alpha value is -5.59. The first-order chi connectivity index (χ1) is 23.0. The number of rotatable bonds is 9. The van der Waals surface area contributed by atoms with E-state index in [1.54, 1.807) is 0 Å². The molecule has 0 saturated heterocycles. The molecule has 2 atom stereocenters. The van der Waals surface area contributed by atoms with Crippen LogP contribution in [0.4, 0.5) is 5.69 Å². The molecule has 2 N–H and O–H groups in total. The summed E-state index contributed by atoms with van der Waals surface area (Å²) in [6.45, 7) is 2.24. The Bertz CT molecular complexity index is 2080. The maximum absolute atomic E-state index is 13.8. The Labute approximate surface area is 278 Å². The zero-order valence-electron chi connectivity index (χ0n) is 25.7. The van der Waals surface area contributed by atoms with Crippen molar-refractivity contribution in [1.29, 1.82) is 0 Å². The molecule has 6 nitrogen and oxygen atoms in total. The van der Waals surface area contributed by atoms with E-state index in [2.05, 4.69) is 15.6 Å². The number of aryl methyl sites for hydroxylation is 1. The smallest absolute Gasteiger partial charge is 0.256 e. The predicted octanol–water partition coefficient (Wildman–Crippen LogP) is 9.29. The molecule has 1 aromatic heterocycles. The summed E-state index contributed by atoms with van der Waals surface area (Å²) in [6.07, 6.45) is -1.10. The number of aromatic nitrogens is 1. The van der Waals surface area contributed by atoms with E-state index in [1.807, 2.05) is 146 Å². The molecule has 7 heteroatoms. The van der Waals surface area contributed by atoms with Gasteiger partial charge in [0.15, 0.2) is 12.2 Å². The van der Waals surface area contributed by atoms with Crippen molar-refractivity contribution in [3.63, 3.8) is 0 Å². The van der Waals surface area contributed by atoms with E-state index in [4.69, 9.17) is 21.1 Å². The average Bonchev–Trinajstić information content (AvgIpc) is 3.10. The van der Waals surface area contributed by atoms with E-state index in [0.29, 0.717) is 40.0 Å². The van der Waals surface area contributed by atoms with E-state index in [-0.39, 0.29) is 5.91 Å². The topological polar surface area (TPSA) is 72.5 Å². The Morgan fingerprint density at radius 3 is 2.02 bits per heavy atom. The van der Waals surface area contributed by atoms with E-state index < -0.39 is 12.2 Å². The highest BCUT2D eigenvalue weighted by Crippen LogP contribution is 2.45. The van der Waals surface area contributed by atoms with E-state index >= 15 is 0 Å². The highest BCUT2D eigenvalue weighted by Gasteiger charge is 2.37. The number of nitrogens with zero attached hydrogens (tertiary/aromatic N) is 1. The van der Waals surface area contributed by atoms with Gasteiger partial charge in [-0.1, -0.05) is 109 Å². The molecule has 232 valence electrons. The molecule has 6 aromatic rings. The molecule has 5 aromatic carbocycles. The minimum Gasteiger partial charge on any atom is -0.480 e. The van der Waals surface area contributed by atoms with Gasteiger partial charge in [0, 0.05) is 34.3 Å². The van der Waals surface area contributed by atoms with Gasteiger partial charge in [-0.05, 0) is 55.0 Å². The summed E-state index contributed by atoms with van der Waals surface area (Å²) in [6, 6.07) is 44.5. The number of nitrogens with one attached hydrogen (secondary N) is 2. The van der Waals surface area contributed by atoms with Gasteiger partial charge in [0.1, 0.15) is 11.5 Å². The fourth-order valence-corrected chi connectivity index (χ4v) is 6.25. The zero-order valence-corrected chi connectivity index (χ0v) is 26.4. The lowest BCUT2D eigenvalue weighted by Gasteiger charge is -2.34. The van der Waals surface area contributed by atoms with Gasteiger partial charge in [0.05, 0.1) is 21.9 Å². The van der Waals surface area contributed by atoms with Crippen molar-refractivity contribution in [3.8, 4) is 11.5 Å². The molecule has 1 aliphatic rings. The molecule has 0 aliphatic heterocycles. The van der Waals surface area contributed by atoms with E-state index in [0.717, 1.165) is 33.3 Å². The molecular weight excluding hydrogens is 606 g/mol. The first-order valence-corrected chi connectivity index (χ1v) is 15.8. The molecule has 1 heterocycles. The predicted molar refractivity (Wildman–Crippen MR) is 187 cm³/mol. The number of amides is 1. The van der Waals surface area contributed by atoms with Crippen LogP contribution in [0.25, 0.3) is 10.9 Å². The van der Waals surface area contributed by atoms with Crippen molar-refractivity contribution >= 4 is 34.1 Å². The molecule has 0 fully saturated rings. The number of carbonyl (C=O) groups excluding carboxylic acids is 1. The molecule has 0 radical (unpaired) electrons. The molecule has 47 heavy (non-hydrogen) atoms. The standard InChI is InChI=1S/C40H32ClN3O3/c1-26-24-35(33-22-12-13-23-34(33)43-26)44-40(45)30-19-9-8-14-27(30)25-42-37-36(41)38(46-28-15-4-2-5-16-28)31-20-10-11-21-32(31)39(37)47-29-17-6-3-7-18-29/h2-24,38-39,42H,25H2,1H3,(H,43,44,45). The van der Waals surface area contributed by atoms with Gasteiger partial charge in [0.25, 0.3) is 5.91 Å². The molecule has 0 saturated carbocycles. The Kier molecular flexibility index (Phi) is 8.58. The maximum Gasteiger partial charge on any atom is 0.256 e. The van der Waals surface area contributed by atoms with Crippen molar-refractivity contribution < 1.29 is 14.3 Å². The first-order valence-electron chi connectivity index (χ1n) is 15.5. The first kappa shape index (κ1) is 30.1. The third-order valence-corrected chi connectivity index (χ3v) is 8.53. The maximum atomic E-state index is 13.8. The largest absolute Gasteiger partial charge is 0.480 e. The van der Waals surface area contributed by atoms with Gasteiger partial charge < -0.3 is 20.1 Å². The molecule has 7 rings (SSSR count). The summed E-state index contributed by atoms with van der Waals surface area (Å²) < 4.78 is 13.1. The van der Waals surface area contributed by atoms with Crippen molar-refractivity contribution in [3.05, 3.63) is 178 Å². The molecule has 2 unspecified atom stereocenters. The number of pyridine rings is 1. The van der Waals surface area contributed by atoms with Crippen LogP contribution in [0.15, 0.2) is 150 Å². The number of halogens is 1. The molecule has 0 spiro atoms. The van der Waals surface area contributed by atoms with Gasteiger partial charge in [0.2, 0.25) is 0 Å². The fourth-order valence-electron chi connectivity index (χ4n) is 5.92. The van der Waals surface area contributed by atoms with Crippen molar-refractivity contribution in [1.82, 2.24) is 10.3 Å². The number of carbonyl (C=O) groups is 1. The highest BCUT2D eigenvalue weighted by atomic mass is 35.5.